The average Bonchev–Trinajstić information content (AvgIpc) is 2.57. The molecule has 24 heavy (non-hydrogen) atoms. The van der Waals surface area contributed by atoms with Gasteiger partial charge in [-0.2, -0.15) is 0 Å². The summed E-state index contributed by atoms with van der Waals surface area (Å²) in [4.78, 5) is 27.1. The summed E-state index contributed by atoms with van der Waals surface area (Å²) in [6.07, 6.45) is 4.41. The Kier molecular flexibility index (Phi) is 6.62. The van der Waals surface area contributed by atoms with Crippen LogP contribution in [0.3, 0.4) is 0 Å². The Balaban J connectivity index is 1.92. The van der Waals surface area contributed by atoms with Crippen LogP contribution in [0.1, 0.15) is 28.2 Å². The molecule has 0 aliphatic heterocycles. The Morgan fingerprint density at radius 3 is 2.83 bits per heavy atom. The van der Waals surface area contributed by atoms with Crippen molar-refractivity contribution in [3.8, 4) is 0 Å². The predicted molar refractivity (Wildman–Crippen MR) is 93.8 cm³/mol. The van der Waals surface area contributed by atoms with Crippen molar-refractivity contribution in [3.05, 3.63) is 47.5 Å². The van der Waals surface area contributed by atoms with E-state index in [1.807, 2.05) is 33.2 Å². The van der Waals surface area contributed by atoms with Crippen LogP contribution >= 0.6 is 0 Å². The van der Waals surface area contributed by atoms with Gasteiger partial charge in [-0.1, -0.05) is 6.07 Å². The molecule has 0 radical (unpaired) electrons. The lowest BCUT2D eigenvalue weighted by Crippen LogP contribution is -2.25. The molecule has 0 spiro atoms. The number of aryl methyl sites for hydroxylation is 1. The van der Waals surface area contributed by atoms with Crippen LogP contribution in [0, 0.1) is 6.92 Å². The minimum absolute atomic E-state index is 0.222. The third-order valence-electron chi connectivity index (χ3n) is 3.33. The van der Waals surface area contributed by atoms with E-state index in [4.69, 9.17) is 0 Å². The van der Waals surface area contributed by atoms with Crippen molar-refractivity contribution in [1.29, 1.82) is 0 Å². The Bertz CT molecular complexity index is 659. The predicted octanol–water partition coefficient (Wildman–Crippen LogP) is 1.47. The summed E-state index contributed by atoms with van der Waals surface area (Å²) in [6.45, 7) is 4.02. The van der Waals surface area contributed by atoms with E-state index in [1.165, 1.54) is 0 Å². The zero-order chi connectivity index (χ0) is 17.4. The number of pyridine rings is 1. The first-order valence-electron chi connectivity index (χ1n) is 7.96. The molecule has 7 heteroatoms. The van der Waals surface area contributed by atoms with Gasteiger partial charge in [0, 0.05) is 31.2 Å². The minimum Gasteiger partial charge on any atom is -0.354 e. The maximum Gasteiger partial charge on any atom is 0.270 e. The SMILES string of the molecule is Cc1cc(C(=O)NCc2cccnc2)nc(NCCCN(C)C)n1. The van der Waals surface area contributed by atoms with Gasteiger partial charge >= 0.3 is 0 Å². The van der Waals surface area contributed by atoms with Crippen LogP contribution in [0.15, 0.2) is 30.6 Å². The summed E-state index contributed by atoms with van der Waals surface area (Å²) in [6, 6.07) is 5.44. The van der Waals surface area contributed by atoms with Gasteiger partial charge in [0.1, 0.15) is 5.69 Å². The molecule has 0 bridgehead atoms. The molecule has 0 aliphatic carbocycles. The number of hydrogen-bond acceptors (Lipinski definition) is 6. The Labute approximate surface area is 142 Å². The number of amides is 1. The number of carbonyl (C=O) groups is 1. The number of nitrogens with zero attached hydrogens (tertiary/aromatic N) is 4. The summed E-state index contributed by atoms with van der Waals surface area (Å²) < 4.78 is 0. The van der Waals surface area contributed by atoms with Crippen molar-refractivity contribution in [3.63, 3.8) is 0 Å². The second-order valence-corrected chi connectivity index (χ2v) is 5.85. The van der Waals surface area contributed by atoms with E-state index in [0.29, 0.717) is 18.2 Å². The minimum atomic E-state index is -0.222. The highest BCUT2D eigenvalue weighted by molar-refractivity contribution is 5.92. The first-order valence-corrected chi connectivity index (χ1v) is 7.96. The third-order valence-corrected chi connectivity index (χ3v) is 3.33. The molecule has 2 heterocycles. The molecule has 2 aromatic rings. The van der Waals surface area contributed by atoms with E-state index in [9.17, 15) is 4.79 Å². The van der Waals surface area contributed by atoms with E-state index in [1.54, 1.807) is 18.5 Å². The zero-order valence-corrected chi connectivity index (χ0v) is 14.4. The van der Waals surface area contributed by atoms with Crippen LogP contribution in [0.2, 0.25) is 0 Å². The molecule has 2 aromatic heterocycles. The van der Waals surface area contributed by atoms with E-state index >= 15 is 0 Å². The molecular weight excluding hydrogens is 304 g/mol. The number of nitrogens with one attached hydrogen (secondary N) is 2. The number of aromatic nitrogens is 3. The van der Waals surface area contributed by atoms with Gasteiger partial charge in [-0.3, -0.25) is 9.78 Å². The lowest BCUT2D eigenvalue weighted by atomic mass is 10.2. The second kappa shape index (κ2) is 8.93. The standard InChI is InChI=1S/C17H24N6O/c1-13-10-15(16(24)20-12-14-6-4-7-18-11-14)22-17(21-13)19-8-5-9-23(2)3/h4,6-7,10-11H,5,8-9,12H2,1-3H3,(H,20,24)(H,19,21,22). The molecule has 0 atom stereocenters. The van der Waals surface area contributed by atoms with Crippen LogP contribution in [0.5, 0.6) is 0 Å². The molecule has 0 fully saturated rings. The van der Waals surface area contributed by atoms with E-state index in [2.05, 4.69) is 30.5 Å². The van der Waals surface area contributed by atoms with Gasteiger partial charge in [-0.25, -0.2) is 9.97 Å². The zero-order valence-electron chi connectivity index (χ0n) is 14.4. The maximum atomic E-state index is 12.3. The third kappa shape index (κ3) is 5.92. The van der Waals surface area contributed by atoms with Crippen LogP contribution < -0.4 is 10.6 Å². The van der Waals surface area contributed by atoms with Crippen LogP contribution in [0.25, 0.3) is 0 Å². The highest BCUT2D eigenvalue weighted by atomic mass is 16.1. The number of anilines is 1. The van der Waals surface area contributed by atoms with E-state index in [0.717, 1.165) is 30.8 Å². The fourth-order valence-electron chi connectivity index (χ4n) is 2.13. The normalized spacial score (nSPS) is 10.7. The van der Waals surface area contributed by atoms with Gasteiger partial charge in [-0.15, -0.1) is 0 Å². The average molecular weight is 328 g/mol. The largest absolute Gasteiger partial charge is 0.354 e. The summed E-state index contributed by atoms with van der Waals surface area (Å²) in [5.74, 6) is 0.265. The monoisotopic (exact) mass is 328 g/mol. The highest BCUT2D eigenvalue weighted by Crippen LogP contribution is 2.06. The maximum absolute atomic E-state index is 12.3. The van der Waals surface area contributed by atoms with Crippen LogP contribution in [0.4, 0.5) is 5.95 Å². The second-order valence-electron chi connectivity index (χ2n) is 5.85. The lowest BCUT2D eigenvalue weighted by Gasteiger charge is -2.11. The molecule has 0 saturated carbocycles. The van der Waals surface area contributed by atoms with Crippen LogP contribution in [-0.2, 0) is 6.54 Å². The fourth-order valence-corrected chi connectivity index (χ4v) is 2.13. The van der Waals surface area contributed by atoms with Gasteiger partial charge in [-0.05, 0) is 51.7 Å². The van der Waals surface area contributed by atoms with Crippen molar-refractivity contribution in [2.75, 3.05) is 32.5 Å². The van der Waals surface area contributed by atoms with Crippen molar-refractivity contribution in [2.24, 2.45) is 0 Å². The Morgan fingerprint density at radius 2 is 2.12 bits per heavy atom. The molecular formula is C17H24N6O. The quantitative estimate of drug-likeness (QED) is 0.714. The lowest BCUT2D eigenvalue weighted by molar-refractivity contribution is 0.0945. The smallest absolute Gasteiger partial charge is 0.270 e. The van der Waals surface area contributed by atoms with Gasteiger partial charge in [0.05, 0.1) is 0 Å². The van der Waals surface area contributed by atoms with Gasteiger partial charge in [0.15, 0.2) is 0 Å². The Hall–Kier alpha value is -2.54. The van der Waals surface area contributed by atoms with Gasteiger partial charge in [0.2, 0.25) is 5.95 Å². The number of hydrogen-bond donors (Lipinski definition) is 2. The fraction of sp³-hybridized carbons (Fsp3) is 0.412. The summed E-state index contributed by atoms with van der Waals surface area (Å²) >= 11 is 0. The van der Waals surface area contributed by atoms with E-state index < -0.39 is 0 Å². The molecule has 0 aromatic carbocycles. The molecule has 0 saturated heterocycles. The topological polar surface area (TPSA) is 83.0 Å². The van der Waals surface area contributed by atoms with Crippen molar-refractivity contribution >= 4 is 11.9 Å². The van der Waals surface area contributed by atoms with E-state index in [-0.39, 0.29) is 5.91 Å². The van der Waals surface area contributed by atoms with Crippen molar-refractivity contribution in [2.45, 2.75) is 19.9 Å². The summed E-state index contributed by atoms with van der Waals surface area (Å²) in [5, 5.41) is 6.02. The molecule has 1 amide bonds. The van der Waals surface area contributed by atoms with Crippen molar-refractivity contribution in [1.82, 2.24) is 25.2 Å². The van der Waals surface area contributed by atoms with Gasteiger partial charge in [0.25, 0.3) is 5.91 Å². The molecule has 2 N–H and O–H groups in total. The summed E-state index contributed by atoms with van der Waals surface area (Å²) in [7, 11) is 4.07. The summed E-state index contributed by atoms with van der Waals surface area (Å²) in [5.41, 5.74) is 2.06. The first-order chi connectivity index (χ1) is 11.5. The molecule has 0 unspecified atom stereocenters. The van der Waals surface area contributed by atoms with Crippen molar-refractivity contribution < 1.29 is 4.79 Å². The van der Waals surface area contributed by atoms with Gasteiger partial charge < -0.3 is 15.5 Å². The molecule has 7 nitrogen and oxygen atoms in total. The number of rotatable bonds is 8. The molecule has 2 rings (SSSR count). The first kappa shape index (κ1) is 17.8. The highest BCUT2D eigenvalue weighted by Gasteiger charge is 2.10. The van der Waals surface area contributed by atoms with Crippen LogP contribution in [-0.4, -0.2) is 52.9 Å². The molecule has 0 aliphatic rings. The number of carbonyl (C=O) groups excluding carboxylic acids is 1. The Morgan fingerprint density at radius 1 is 1.29 bits per heavy atom. The molecule has 128 valence electrons.